The van der Waals surface area contributed by atoms with Crippen molar-refractivity contribution in [2.45, 2.75) is 0 Å². The van der Waals surface area contributed by atoms with Crippen LogP contribution in [0.25, 0.3) is 141 Å². The molecule has 0 unspecified atom stereocenters. The Labute approximate surface area is 390 Å². The minimum atomic E-state index is 0.859. The van der Waals surface area contributed by atoms with E-state index < -0.39 is 0 Å². The first-order chi connectivity index (χ1) is 33.2. The summed E-state index contributed by atoms with van der Waals surface area (Å²) in [4.78, 5) is 10.4. The summed E-state index contributed by atoms with van der Waals surface area (Å²) in [5.41, 5.74) is 13.5. The van der Waals surface area contributed by atoms with Crippen LogP contribution in [-0.4, -0.2) is 9.97 Å². The van der Waals surface area contributed by atoms with Crippen molar-refractivity contribution in [2.75, 3.05) is 0 Å². The quantitative estimate of drug-likeness (QED) is 0.161. The van der Waals surface area contributed by atoms with E-state index >= 15 is 0 Å². The molecule has 0 aliphatic rings. The third-order valence-electron chi connectivity index (χ3n) is 13.9. The Balaban J connectivity index is 0.876. The van der Waals surface area contributed by atoms with Crippen molar-refractivity contribution in [1.82, 2.24) is 9.97 Å². The summed E-state index contributed by atoms with van der Waals surface area (Å²) in [6.45, 7) is 0. The van der Waals surface area contributed by atoms with Crippen LogP contribution in [0, 0.1) is 0 Å². The molecule has 0 aliphatic heterocycles. The number of thiophene rings is 1. The predicted octanol–water partition coefficient (Wildman–Crippen LogP) is 18.1. The first-order valence-corrected chi connectivity index (χ1v) is 23.7. The lowest BCUT2D eigenvalue weighted by molar-refractivity contribution is 1.31. The third-order valence-corrected chi connectivity index (χ3v) is 15.2. The minimum absolute atomic E-state index is 0.859. The molecule has 0 radical (unpaired) electrons. The number of rotatable bonds is 5. The van der Waals surface area contributed by atoms with Crippen LogP contribution < -0.4 is 0 Å². The molecule has 0 atom stereocenters. The maximum Gasteiger partial charge on any atom is 0.0979 e. The van der Waals surface area contributed by atoms with Crippen molar-refractivity contribution in [3.63, 3.8) is 0 Å². The van der Waals surface area contributed by atoms with Crippen molar-refractivity contribution in [1.29, 1.82) is 0 Å². The van der Waals surface area contributed by atoms with Crippen LogP contribution in [0.3, 0.4) is 0 Å². The summed E-state index contributed by atoms with van der Waals surface area (Å²) in [7, 11) is 0. The Hall–Kier alpha value is -8.50. The Morgan fingerprint density at radius 1 is 0.269 bits per heavy atom. The van der Waals surface area contributed by atoms with Gasteiger partial charge in [0.2, 0.25) is 0 Å². The van der Waals surface area contributed by atoms with Crippen LogP contribution in [0.4, 0.5) is 0 Å². The van der Waals surface area contributed by atoms with Gasteiger partial charge in [-0.25, -0.2) is 4.98 Å². The van der Waals surface area contributed by atoms with Gasteiger partial charge in [0.15, 0.2) is 0 Å². The van der Waals surface area contributed by atoms with E-state index in [1.807, 2.05) is 17.5 Å². The highest BCUT2D eigenvalue weighted by Crippen LogP contribution is 2.45. The van der Waals surface area contributed by atoms with Crippen molar-refractivity contribution in [2.24, 2.45) is 0 Å². The van der Waals surface area contributed by atoms with Crippen LogP contribution >= 0.6 is 11.3 Å². The lowest BCUT2D eigenvalue weighted by Gasteiger charge is -2.16. The average Bonchev–Trinajstić information content (AvgIpc) is 3.79. The fourth-order valence-corrected chi connectivity index (χ4v) is 12.2. The highest BCUT2D eigenvalue weighted by Gasteiger charge is 2.18. The Morgan fingerprint density at radius 2 is 0.657 bits per heavy atom. The second-order valence-electron chi connectivity index (χ2n) is 17.5. The monoisotopic (exact) mass is 866 g/mol. The first kappa shape index (κ1) is 37.8. The summed E-state index contributed by atoms with van der Waals surface area (Å²) in [5.74, 6) is 0. The summed E-state index contributed by atoms with van der Waals surface area (Å²) < 4.78 is 2.66. The van der Waals surface area contributed by atoms with E-state index in [9.17, 15) is 0 Å². The van der Waals surface area contributed by atoms with Gasteiger partial charge in [-0.05, 0) is 94.2 Å². The Kier molecular flexibility index (Phi) is 8.49. The van der Waals surface area contributed by atoms with E-state index in [4.69, 9.17) is 9.97 Å². The molecule has 0 spiro atoms. The van der Waals surface area contributed by atoms with E-state index in [0.29, 0.717) is 0 Å². The number of aromatic nitrogens is 2. The fourth-order valence-electron chi connectivity index (χ4n) is 10.9. The van der Waals surface area contributed by atoms with Gasteiger partial charge in [0.25, 0.3) is 0 Å². The zero-order valence-corrected chi connectivity index (χ0v) is 37.1. The fraction of sp³-hybridized carbons (Fsp3) is 0. The van der Waals surface area contributed by atoms with E-state index in [1.54, 1.807) is 0 Å². The second kappa shape index (κ2) is 15.0. The van der Waals surface area contributed by atoms with E-state index in [2.05, 4.69) is 224 Å². The maximum absolute atomic E-state index is 5.32. The van der Waals surface area contributed by atoms with Crippen molar-refractivity contribution < 1.29 is 0 Å². The van der Waals surface area contributed by atoms with Gasteiger partial charge < -0.3 is 0 Å². The van der Waals surface area contributed by atoms with Gasteiger partial charge in [0.1, 0.15) is 0 Å². The van der Waals surface area contributed by atoms with Gasteiger partial charge in [-0.15, -0.1) is 11.3 Å². The Morgan fingerprint density at radius 3 is 1.22 bits per heavy atom. The molecule has 0 saturated heterocycles. The largest absolute Gasteiger partial charge is 0.252 e. The minimum Gasteiger partial charge on any atom is -0.252 e. The molecule has 12 aromatic carbocycles. The molecule has 14 rings (SSSR count). The lowest BCUT2D eigenvalue weighted by atomic mass is 9.87. The number of benzene rings is 12. The standard InChI is InChI=1S/C64H38N2S/c1-3-20-56-52(17-1)53-18-2-4-21-57(53)63-62(56)65-38-60(66-63)40-16-7-15-39(37-40)41-22-8-24-43-42(41)23-9-25-44(43)45-26-10-28-47-46(45)27-11-29-48(47)49-30-12-32-51-50(49)31-13-33-54(51)58-34-14-35-59-55-19-5-6-36-61(55)67-64(58)59/h1-38H. The van der Waals surface area contributed by atoms with Crippen LogP contribution in [0.15, 0.2) is 231 Å². The number of hydrogen-bond acceptors (Lipinski definition) is 3. The normalized spacial score (nSPS) is 11.9. The van der Waals surface area contributed by atoms with E-state index in [0.717, 1.165) is 38.6 Å². The van der Waals surface area contributed by atoms with Crippen molar-refractivity contribution >= 4 is 96.4 Å². The molecule has 2 aromatic heterocycles. The van der Waals surface area contributed by atoms with Gasteiger partial charge in [0.05, 0.1) is 22.9 Å². The SMILES string of the molecule is c1cc(-c2cnc3c4ccccc4c4ccccc4c3n2)cc(-c2cccc3c(-c4cccc5c(-c6cccc7c(-c8cccc9c8sc8ccccc89)cccc67)cccc45)cccc23)c1. The maximum atomic E-state index is 5.32. The number of hydrogen-bond donors (Lipinski definition) is 0. The summed E-state index contributed by atoms with van der Waals surface area (Å²) in [6, 6.07) is 82.0. The van der Waals surface area contributed by atoms with E-state index in [1.165, 1.54) is 102 Å². The van der Waals surface area contributed by atoms with Crippen LogP contribution in [-0.2, 0) is 0 Å². The molecule has 0 amide bonds. The molecule has 3 heteroatoms. The molecule has 0 saturated carbocycles. The van der Waals surface area contributed by atoms with Gasteiger partial charge in [-0.2, -0.15) is 0 Å². The zero-order valence-electron chi connectivity index (χ0n) is 36.2. The topological polar surface area (TPSA) is 25.8 Å². The van der Waals surface area contributed by atoms with Crippen molar-refractivity contribution in [3.05, 3.63) is 231 Å². The second-order valence-corrected chi connectivity index (χ2v) is 18.6. The van der Waals surface area contributed by atoms with E-state index in [-0.39, 0.29) is 0 Å². The summed E-state index contributed by atoms with van der Waals surface area (Å²) in [5, 5.41) is 14.7. The van der Waals surface area contributed by atoms with Crippen LogP contribution in [0.5, 0.6) is 0 Å². The van der Waals surface area contributed by atoms with Gasteiger partial charge in [0, 0.05) is 42.1 Å². The molecule has 0 bridgehead atoms. The lowest BCUT2D eigenvalue weighted by Crippen LogP contribution is -1.92. The smallest absolute Gasteiger partial charge is 0.0979 e. The number of nitrogens with zero attached hydrogens (tertiary/aromatic N) is 2. The molecule has 2 heterocycles. The average molecular weight is 867 g/mol. The molecular weight excluding hydrogens is 829 g/mol. The molecule has 67 heavy (non-hydrogen) atoms. The first-order valence-electron chi connectivity index (χ1n) is 22.9. The third kappa shape index (κ3) is 5.88. The van der Waals surface area contributed by atoms with Crippen LogP contribution in [0.1, 0.15) is 0 Å². The van der Waals surface area contributed by atoms with Gasteiger partial charge >= 0.3 is 0 Å². The summed E-state index contributed by atoms with van der Waals surface area (Å²) >= 11 is 1.89. The molecule has 0 aliphatic carbocycles. The number of fused-ring (bicyclic) bond motifs is 12. The van der Waals surface area contributed by atoms with Crippen molar-refractivity contribution in [3.8, 4) is 55.8 Å². The zero-order chi connectivity index (χ0) is 44.0. The highest BCUT2D eigenvalue weighted by atomic mass is 32.1. The molecule has 310 valence electrons. The van der Waals surface area contributed by atoms with Crippen LogP contribution in [0.2, 0.25) is 0 Å². The predicted molar refractivity (Wildman–Crippen MR) is 287 cm³/mol. The van der Waals surface area contributed by atoms with Gasteiger partial charge in [-0.3, -0.25) is 4.98 Å². The molecule has 0 N–H and O–H groups in total. The highest BCUT2D eigenvalue weighted by molar-refractivity contribution is 7.26. The molecule has 2 nitrogen and oxygen atoms in total. The summed E-state index contributed by atoms with van der Waals surface area (Å²) in [6.07, 6.45) is 1.93. The van der Waals surface area contributed by atoms with Gasteiger partial charge in [-0.1, -0.05) is 212 Å². The molecule has 14 aromatic rings. The molecular formula is C64H38N2S. The Bertz CT molecular complexity index is 4320. The molecule has 0 fully saturated rings.